The van der Waals surface area contributed by atoms with E-state index in [1.165, 1.54) is 10.8 Å². The van der Waals surface area contributed by atoms with Crippen molar-refractivity contribution in [2.45, 2.75) is 19.9 Å². The van der Waals surface area contributed by atoms with Crippen molar-refractivity contribution in [2.75, 3.05) is 13.7 Å². The molecule has 0 radical (unpaired) electrons. The Hall–Kier alpha value is -3.68. The summed E-state index contributed by atoms with van der Waals surface area (Å²) in [6, 6.07) is 24.4. The maximum absolute atomic E-state index is 13.5. The molecule has 0 fully saturated rings. The molecule has 0 spiro atoms. The summed E-state index contributed by atoms with van der Waals surface area (Å²) in [7, 11) is 3.60. The van der Waals surface area contributed by atoms with Gasteiger partial charge in [-0.05, 0) is 36.8 Å². The fourth-order valence-corrected chi connectivity index (χ4v) is 5.56. The average molecular weight is 485 g/mol. The molecule has 0 saturated carbocycles. The quantitative estimate of drug-likeness (QED) is 0.315. The minimum Gasteiger partial charge on any atom is -0.383 e. The number of rotatable bonds is 6. The molecule has 0 aliphatic carbocycles. The van der Waals surface area contributed by atoms with Crippen LogP contribution in [0.25, 0.3) is 27.7 Å². The van der Waals surface area contributed by atoms with Gasteiger partial charge in [0.1, 0.15) is 0 Å². The number of aromatic nitrogens is 3. The molecule has 35 heavy (non-hydrogen) atoms. The first kappa shape index (κ1) is 23.1. The molecule has 5 rings (SSSR count). The Kier molecular flexibility index (Phi) is 6.28. The van der Waals surface area contributed by atoms with E-state index in [1.807, 2.05) is 49.0 Å². The van der Waals surface area contributed by atoms with Crippen LogP contribution < -0.4 is 10.4 Å². The lowest BCUT2D eigenvalue weighted by Gasteiger charge is -2.17. The third kappa shape index (κ3) is 4.07. The molecule has 0 aliphatic rings. The molecule has 0 amide bonds. The number of thiazole rings is 1. The van der Waals surface area contributed by atoms with Crippen LogP contribution in [0, 0.1) is 6.92 Å². The lowest BCUT2D eigenvalue weighted by Crippen LogP contribution is -2.24. The third-order valence-electron chi connectivity index (χ3n) is 6.39. The number of benzene rings is 3. The summed E-state index contributed by atoms with van der Waals surface area (Å²) in [5.41, 5.74) is 4.13. The minimum absolute atomic E-state index is 0.0272. The molecule has 2 heterocycles. The second-order valence-electron chi connectivity index (χ2n) is 8.63. The topological polar surface area (TPSA) is 53.4 Å². The van der Waals surface area contributed by atoms with E-state index in [2.05, 4.69) is 59.3 Å². The van der Waals surface area contributed by atoms with Crippen LogP contribution in [0.1, 0.15) is 18.7 Å². The highest BCUT2D eigenvalue weighted by atomic mass is 32.1. The van der Waals surface area contributed by atoms with Crippen LogP contribution in [0.3, 0.4) is 0 Å². The summed E-state index contributed by atoms with van der Waals surface area (Å²) in [4.78, 5) is 19.2. The summed E-state index contributed by atoms with van der Waals surface area (Å²) in [5.74, 6) is 0. The Labute approximate surface area is 208 Å². The summed E-state index contributed by atoms with van der Waals surface area (Å²) < 4.78 is 11.2. The number of ether oxygens (including phenoxy) is 1. The molecule has 3 aromatic carbocycles. The fourth-order valence-electron chi connectivity index (χ4n) is 4.57. The summed E-state index contributed by atoms with van der Waals surface area (Å²) in [6.07, 6.45) is 0. The lowest BCUT2D eigenvalue weighted by atomic mass is 10.0. The van der Waals surface area contributed by atoms with Crippen LogP contribution in [-0.4, -0.2) is 27.6 Å². The number of hydrogen-bond acceptors (Lipinski definition) is 4. The van der Waals surface area contributed by atoms with E-state index in [1.54, 1.807) is 23.1 Å². The van der Waals surface area contributed by atoms with Gasteiger partial charge in [-0.3, -0.25) is 9.48 Å². The highest BCUT2D eigenvalue weighted by molar-refractivity contribution is 7.07. The van der Waals surface area contributed by atoms with Crippen LogP contribution in [0.15, 0.2) is 88.0 Å². The van der Waals surface area contributed by atoms with Crippen LogP contribution in [0.2, 0.25) is 0 Å². The van der Waals surface area contributed by atoms with Crippen LogP contribution in [0.5, 0.6) is 0 Å². The minimum atomic E-state index is -0.137. The molecule has 6 nitrogen and oxygen atoms in total. The number of fused-ring (bicyclic) bond motifs is 1. The van der Waals surface area contributed by atoms with Gasteiger partial charge in [0, 0.05) is 25.1 Å². The van der Waals surface area contributed by atoms with E-state index in [-0.39, 0.29) is 11.6 Å². The average Bonchev–Trinajstić information content (AvgIpc) is 3.39. The molecule has 178 valence electrons. The molecule has 7 heteroatoms. The van der Waals surface area contributed by atoms with E-state index < -0.39 is 0 Å². The molecule has 1 atom stereocenters. The Morgan fingerprint density at radius 2 is 1.71 bits per heavy atom. The summed E-state index contributed by atoms with van der Waals surface area (Å²) in [6.45, 7) is 4.58. The monoisotopic (exact) mass is 484 g/mol. The van der Waals surface area contributed by atoms with Gasteiger partial charge in [0.2, 0.25) is 0 Å². The van der Waals surface area contributed by atoms with Crippen molar-refractivity contribution in [2.24, 2.45) is 12.0 Å². The normalized spacial score (nSPS) is 13.0. The zero-order valence-corrected chi connectivity index (χ0v) is 21.1. The first-order valence-electron chi connectivity index (χ1n) is 11.6. The fraction of sp³-hybridized carbons (Fsp3) is 0.214. The number of methoxy groups -OCH3 is 1. The first-order valence-corrected chi connectivity index (χ1v) is 12.4. The smallest absolute Gasteiger partial charge is 0.297 e. The first-order chi connectivity index (χ1) is 17.0. The third-order valence-corrected chi connectivity index (χ3v) is 7.23. The van der Waals surface area contributed by atoms with Crippen LogP contribution in [-0.2, 0) is 11.8 Å². The van der Waals surface area contributed by atoms with Gasteiger partial charge in [0.15, 0.2) is 10.5 Å². The van der Waals surface area contributed by atoms with Crippen molar-refractivity contribution in [3.05, 3.63) is 99.0 Å². The van der Waals surface area contributed by atoms with E-state index in [9.17, 15) is 4.79 Å². The largest absolute Gasteiger partial charge is 0.383 e. The Morgan fingerprint density at radius 3 is 2.49 bits per heavy atom. The summed E-state index contributed by atoms with van der Waals surface area (Å²) >= 11 is 1.54. The highest BCUT2D eigenvalue weighted by Crippen LogP contribution is 2.31. The standard InChI is InChI=1S/C28H28N4O2S/c1-19(17-34-4)31-25(24-16-10-12-21-11-8-9-15-23(21)24)18-35-28(31)29-26-20(2)30(3)32(27(26)33)22-13-6-5-7-14-22/h5-16,18-19H,17H2,1-4H3. The molecule has 0 bridgehead atoms. The Bertz CT molecular complexity index is 1620. The molecular formula is C28H28N4O2S. The number of nitrogens with zero attached hydrogens (tertiary/aromatic N) is 4. The Balaban J connectivity index is 1.75. The number of hydrogen-bond donors (Lipinski definition) is 0. The van der Waals surface area contributed by atoms with E-state index in [0.29, 0.717) is 12.3 Å². The van der Waals surface area contributed by atoms with E-state index in [4.69, 9.17) is 9.73 Å². The zero-order chi connectivity index (χ0) is 24.5. The second kappa shape index (κ2) is 9.52. The van der Waals surface area contributed by atoms with Crippen molar-refractivity contribution >= 4 is 27.8 Å². The molecule has 2 aromatic heterocycles. The second-order valence-corrected chi connectivity index (χ2v) is 9.46. The molecule has 1 unspecified atom stereocenters. The van der Waals surface area contributed by atoms with Gasteiger partial charge < -0.3 is 9.30 Å². The van der Waals surface area contributed by atoms with Gasteiger partial charge in [0.05, 0.1) is 29.7 Å². The predicted octanol–water partition coefficient (Wildman–Crippen LogP) is 5.61. The van der Waals surface area contributed by atoms with Crippen molar-refractivity contribution in [1.29, 1.82) is 0 Å². The molecule has 0 aliphatic heterocycles. The maximum Gasteiger partial charge on any atom is 0.297 e. The van der Waals surface area contributed by atoms with Gasteiger partial charge in [0.25, 0.3) is 5.56 Å². The van der Waals surface area contributed by atoms with Gasteiger partial charge in [-0.2, -0.15) is 0 Å². The van der Waals surface area contributed by atoms with Crippen molar-refractivity contribution in [1.82, 2.24) is 13.9 Å². The Morgan fingerprint density at radius 1 is 1.00 bits per heavy atom. The maximum atomic E-state index is 13.5. The zero-order valence-electron chi connectivity index (χ0n) is 20.3. The van der Waals surface area contributed by atoms with Crippen molar-refractivity contribution in [3.8, 4) is 16.9 Å². The van der Waals surface area contributed by atoms with E-state index in [0.717, 1.165) is 27.4 Å². The lowest BCUT2D eigenvalue weighted by molar-refractivity contribution is 0.162. The molecule has 0 saturated heterocycles. The van der Waals surface area contributed by atoms with Crippen molar-refractivity contribution < 1.29 is 4.74 Å². The van der Waals surface area contributed by atoms with E-state index >= 15 is 0 Å². The van der Waals surface area contributed by atoms with Gasteiger partial charge in [-0.15, -0.1) is 11.3 Å². The predicted molar refractivity (Wildman–Crippen MR) is 143 cm³/mol. The summed E-state index contributed by atoms with van der Waals surface area (Å²) in [5, 5.41) is 4.49. The molecule has 5 aromatic rings. The highest BCUT2D eigenvalue weighted by Gasteiger charge is 2.19. The van der Waals surface area contributed by atoms with Gasteiger partial charge in [-0.25, -0.2) is 9.67 Å². The van der Waals surface area contributed by atoms with Gasteiger partial charge in [-0.1, -0.05) is 60.7 Å². The molecular weight excluding hydrogens is 456 g/mol. The van der Waals surface area contributed by atoms with Gasteiger partial charge >= 0.3 is 0 Å². The van der Waals surface area contributed by atoms with Crippen molar-refractivity contribution in [3.63, 3.8) is 0 Å². The van der Waals surface area contributed by atoms with Crippen LogP contribution >= 0.6 is 11.3 Å². The number of para-hydroxylation sites is 1. The SMILES string of the molecule is COCC(C)n1c(-c2cccc3ccccc23)csc1=Nc1c(C)n(C)n(-c2ccccc2)c1=O. The molecule has 0 N–H and O–H groups in total. The van der Waals surface area contributed by atoms with Crippen LogP contribution in [0.4, 0.5) is 5.69 Å².